The van der Waals surface area contributed by atoms with Crippen LogP contribution in [0.25, 0.3) is 0 Å². The molecule has 0 aromatic heterocycles. The molecule has 3 N–H and O–H groups in total. The van der Waals surface area contributed by atoms with Crippen LogP contribution in [-0.2, 0) is 9.59 Å². The van der Waals surface area contributed by atoms with Crippen molar-refractivity contribution in [3.63, 3.8) is 0 Å². The summed E-state index contributed by atoms with van der Waals surface area (Å²) in [6.07, 6.45) is 3.79. The fraction of sp³-hybridized carbons (Fsp3) is 0.529. The van der Waals surface area contributed by atoms with Crippen LogP contribution in [0.2, 0.25) is 0 Å². The van der Waals surface area contributed by atoms with Gasteiger partial charge in [0.1, 0.15) is 5.75 Å². The van der Waals surface area contributed by atoms with E-state index >= 15 is 0 Å². The SMILES string of the molecule is Cl.NCC(NC(=O)COc1ccc(N2CCCC2=O)cc1)C1CC1. The molecule has 2 fully saturated rings. The highest BCUT2D eigenvalue weighted by Crippen LogP contribution is 2.32. The summed E-state index contributed by atoms with van der Waals surface area (Å²) in [4.78, 5) is 25.4. The molecule has 2 aliphatic rings. The average Bonchev–Trinajstić information content (AvgIpc) is 3.32. The Morgan fingerprint density at radius 1 is 1.33 bits per heavy atom. The largest absolute Gasteiger partial charge is 0.484 e. The second kappa shape index (κ2) is 8.35. The Morgan fingerprint density at radius 2 is 2.04 bits per heavy atom. The van der Waals surface area contributed by atoms with Gasteiger partial charge < -0.3 is 20.7 Å². The Balaban J connectivity index is 0.00000208. The predicted octanol–water partition coefficient (Wildman–Crippen LogP) is 1.47. The Labute approximate surface area is 148 Å². The van der Waals surface area contributed by atoms with E-state index in [1.165, 1.54) is 0 Å². The summed E-state index contributed by atoms with van der Waals surface area (Å²) < 4.78 is 5.50. The molecule has 1 aliphatic heterocycles. The number of nitrogens with two attached hydrogens (primary N) is 1. The van der Waals surface area contributed by atoms with Crippen molar-refractivity contribution in [3.8, 4) is 5.75 Å². The standard InChI is InChI=1S/C17H23N3O3.ClH/c18-10-15(12-3-4-12)19-16(21)11-23-14-7-5-13(6-8-14)20-9-1-2-17(20)22;/h5-8,12,15H,1-4,9-11,18H2,(H,19,21);1H. The van der Waals surface area contributed by atoms with Crippen molar-refractivity contribution in [2.45, 2.75) is 31.7 Å². The first-order chi connectivity index (χ1) is 11.2. The van der Waals surface area contributed by atoms with Gasteiger partial charge in [-0.15, -0.1) is 12.4 Å². The van der Waals surface area contributed by atoms with Gasteiger partial charge in [-0.1, -0.05) is 0 Å². The molecule has 3 rings (SSSR count). The van der Waals surface area contributed by atoms with Gasteiger partial charge in [0, 0.05) is 31.2 Å². The highest BCUT2D eigenvalue weighted by molar-refractivity contribution is 5.95. The monoisotopic (exact) mass is 353 g/mol. The Morgan fingerprint density at radius 3 is 2.58 bits per heavy atom. The van der Waals surface area contributed by atoms with Crippen molar-refractivity contribution in [2.75, 3.05) is 24.6 Å². The van der Waals surface area contributed by atoms with E-state index in [-0.39, 0.29) is 36.9 Å². The van der Waals surface area contributed by atoms with E-state index < -0.39 is 0 Å². The zero-order valence-corrected chi connectivity index (χ0v) is 14.4. The third-order valence-electron chi connectivity index (χ3n) is 4.38. The molecular formula is C17H24ClN3O3. The number of carbonyl (C=O) groups excluding carboxylic acids is 2. The topological polar surface area (TPSA) is 84.7 Å². The minimum absolute atomic E-state index is 0. The van der Waals surface area contributed by atoms with Gasteiger partial charge in [0.15, 0.2) is 6.61 Å². The summed E-state index contributed by atoms with van der Waals surface area (Å²) >= 11 is 0. The maximum atomic E-state index is 11.9. The lowest BCUT2D eigenvalue weighted by Gasteiger charge is -2.17. The van der Waals surface area contributed by atoms with Gasteiger partial charge in [-0.25, -0.2) is 0 Å². The molecule has 1 heterocycles. The summed E-state index contributed by atoms with van der Waals surface area (Å²) in [5.74, 6) is 1.16. The number of rotatable bonds is 7. The predicted molar refractivity (Wildman–Crippen MR) is 94.5 cm³/mol. The Bertz CT molecular complexity index is 575. The zero-order chi connectivity index (χ0) is 16.2. The summed E-state index contributed by atoms with van der Waals surface area (Å²) in [6.45, 7) is 1.21. The smallest absolute Gasteiger partial charge is 0.258 e. The van der Waals surface area contributed by atoms with Crippen LogP contribution >= 0.6 is 12.4 Å². The quantitative estimate of drug-likeness (QED) is 0.777. The van der Waals surface area contributed by atoms with E-state index in [1.807, 2.05) is 12.1 Å². The fourth-order valence-corrected chi connectivity index (χ4v) is 2.91. The fourth-order valence-electron chi connectivity index (χ4n) is 2.91. The van der Waals surface area contributed by atoms with Gasteiger partial charge in [-0.05, 0) is 49.4 Å². The number of carbonyl (C=O) groups is 2. The minimum atomic E-state index is -0.147. The van der Waals surface area contributed by atoms with Crippen molar-refractivity contribution in [3.05, 3.63) is 24.3 Å². The van der Waals surface area contributed by atoms with E-state index in [2.05, 4.69) is 5.32 Å². The van der Waals surface area contributed by atoms with Crippen LogP contribution in [0.4, 0.5) is 5.69 Å². The Hall–Kier alpha value is -1.79. The van der Waals surface area contributed by atoms with Gasteiger partial charge in [-0.2, -0.15) is 0 Å². The molecule has 6 nitrogen and oxygen atoms in total. The number of benzene rings is 1. The number of ether oxygens (including phenoxy) is 1. The molecule has 24 heavy (non-hydrogen) atoms. The van der Waals surface area contributed by atoms with E-state index in [0.717, 1.165) is 31.5 Å². The van der Waals surface area contributed by atoms with Crippen LogP contribution in [0.15, 0.2) is 24.3 Å². The second-order valence-corrected chi connectivity index (χ2v) is 6.18. The van der Waals surface area contributed by atoms with Crippen molar-refractivity contribution < 1.29 is 14.3 Å². The number of nitrogens with one attached hydrogen (secondary N) is 1. The minimum Gasteiger partial charge on any atom is -0.484 e. The van der Waals surface area contributed by atoms with Crippen LogP contribution in [0, 0.1) is 5.92 Å². The Kier molecular flexibility index (Phi) is 6.45. The zero-order valence-electron chi connectivity index (χ0n) is 13.6. The third-order valence-corrected chi connectivity index (χ3v) is 4.38. The van der Waals surface area contributed by atoms with Crippen molar-refractivity contribution >= 4 is 29.9 Å². The third kappa shape index (κ3) is 4.61. The van der Waals surface area contributed by atoms with Crippen LogP contribution < -0.4 is 20.7 Å². The lowest BCUT2D eigenvalue weighted by atomic mass is 10.2. The molecule has 2 amide bonds. The molecule has 0 spiro atoms. The lowest BCUT2D eigenvalue weighted by Crippen LogP contribution is -2.43. The van der Waals surface area contributed by atoms with Gasteiger partial charge in [-0.3, -0.25) is 9.59 Å². The van der Waals surface area contributed by atoms with Crippen LogP contribution in [-0.4, -0.2) is 37.6 Å². The van der Waals surface area contributed by atoms with Crippen LogP contribution in [0.3, 0.4) is 0 Å². The molecule has 7 heteroatoms. The highest BCUT2D eigenvalue weighted by atomic mass is 35.5. The number of hydrogen-bond donors (Lipinski definition) is 2. The summed E-state index contributed by atoms with van der Waals surface area (Å²) in [6, 6.07) is 7.34. The number of hydrogen-bond acceptors (Lipinski definition) is 4. The average molecular weight is 354 g/mol. The number of halogens is 1. The van der Waals surface area contributed by atoms with Crippen molar-refractivity contribution in [1.82, 2.24) is 5.32 Å². The summed E-state index contributed by atoms with van der Waals surface area (Å²) in [5.41, 5.74) is 6.55. The lowest BCUT2D eigenvalue weighted by molar-refractivity contribution is -0.124. The number of anilines is 1. The van der Waals surface area contributed by atoms with Crippen molar-refractivity contribution in [2.24, 2.45) is 11.7 Å². The molecule has 1 saturated heterocycles. The molecule has 0 radical (unpaired) electrons. The first kappa shape index (κ1) is 18.5. The van der Waals surface area contributed by atoms with Crippen LogP contribution in [0.1, 0.15) is 25.7 Å². The van der Waals surface area contributed by atoms with E-state index in [4.69, 9.17) is 10.5 Å². The molecule has 1 saturated carbocycles. The molecule has 0 bridgehead atoms. The van der Waals surface area contributed by atoms with E-state index in [1.54, 1.807) is 17.0 Å². The maximum Gasteiger partial charge on any atom is 0.258 e. The van der Waals surface area contributed by atoms with E-state index in [0.29, 0.717) is 24.6 Å². The molecule has 1 atom stereocenters. The molecule has 1 aromatic rings. The molecule has 1 unspecified atom stereocenters. The maximum absolute atomic E-state index is 11.9. The van der Waals surface area contributed by atoms with Crippen LogP contribution in [0.5, 0.6) is 5.75 Å². The van der Waals surface area contributed by atoms with Gasteiger partial charge in [0.05, 0.1) is 0 Å². The number of amides is 2. The normalized spacial score (nSPS) is 18.0. The van der Waals surface area contributed by atoms with E-state index in [9.17, 15) is 9.59 Å². The molecule has 1 aliphatic carbocycles. The van der Waals surface area contributed by atoms with Gasteiger partial charge >= 0.3 is 0 Å². The molecule has 132 valence electrons. The summed E-state index contributed by atoms with van der Waals surface area (Å²) in [5, 5.41) is 2.92. The summed E-state index contributed by atoms with van der Waals surface area (Å²) in [7, 11) is 0. The van der Waals surface area contributed by atoms with Gasteiger partial charge in [0.25, 0.3) is 5.91 Å². The van der Waals surface area contributed by atoms with Gasteiger partial charge in [0.2, 0.25) is 5.91 Å². The highest BCUT2D eigenvalue weighted by Gasteiger charge is 2.31. The molecule has 1 aromatic carbocycles. The number of nitrogens with zero attached hydrogens (tertiary/aromatic N) is 1. The second-order valence-electron chi connectivity index (χ2n) is 6.18. The molecular weight excluding hydrogens is 330 g/mol. The first-order valence-electron chi connectivity index (χ1n) is 8.20. The van der Waals surface area contributed by atoms with Crippen molar-refractivity contribution in [1.29, 1.82) is 0 Å². The first-order valence-corrected chi connectivity index (χ1v) is 8.20.